The first-order valence-corrected chi connectivity index (χ1v) is 14.3. The number of benzene rings is 2. The molecule has 0 amide bonds. The predicted octanol–water partition coefficient (Wildman–Crippen LogP) is 5.32. The van der Waals surface area contributed by atoms with E-state index in [0.29, 0.717) is 46.2 Å². The zero-order valence-corrected chi connectivity index (χ0v) is 22.2. The molecule has 2 aromatic carbocycles. The first-order valence-electron chi connectivity index (χ1n) is 11.4. The van der Waals surface area contributed by atoms with Crippen molar-refractivity contribution in [2.24, 2.45) is 0 Å². The Kier molecular flexibility index (Phi) is 7.14. The molecule has 0 aliphatic heterocycles. The number of imidazole rings is 1. The van der Waals surface area contributed by atoms with Gasteiger partial charge in [0.15, 0.2) is 15.6 Å². The molecule has 0 radical (unpaired) electrons. The molecular formula is C26H23ClN4O4S2. The second-order valence-electron chi connectivity index (χ2n) is 8.48. The van der Waals surface area contributed by atoms with Gasteiger partial charge >= 0.3 is 0 Å². The Bertz CT molecular complexity index is 1670. The number of carbonyl (C=O) groups is 1. The van der Waals surface area contributed by atoms with Crippen LogP contribution in [0.3, 0.4) is 0 Å². The molecule has 8 nitrogen and oxygen atoms in total. The first-order chi connectivity index (χ1) is 17.8. The molecule has 0 unspecified atom stereocenters. The Morgan fingerprint density at radius 3 is 2.68 bits per heavy atom. The van der Waals surface area contributed by atoms with Crippen LogP contribution in [0.25, 0.3) is 10.9 Å². The van der Waals surface area contributed by atoms with Gasteiger partial charge in [-0.25, -0.2) is 13.4 Å². The normalized spacial score (nSPS) is 11.7. The van der Waals surface area contributed by atoms with Gasteiger partial charge in [-0.15, -0.1) is 11.3 Å². The van der Waals surface area contributed by atoms with Gasteiger partial charge in [0.2, 0.25) is 0 Å². The molecule has 0 spiro atoms. The molecule has 1 N–H and O–H groups in total. The van der Waals surface area contributed by atoms with E-state index in [0.717, 1.165) is 28.0 Å². The molecule has 190 valence electrons. The Labute approximate surface area is 222 Å². The van der Waals surface area contributed by atoms with E-state index in [1.807, 2.05) is 36.4 Å². The molecule has 0 saturated heterocycles. The maximum absolute atomic E-state index is 13.1. The lowest BCUT2D eigenvalue weighted by Gasteiger charge is -2.07. The van der Waals surface area contributed by atoms with Gasteiger partial charge in [0.1, 0.15) is 21.4 Å². The number of nitrogens with zero attached hydrogens (tertiary/aromatic N) is 3. The van der Waals surface area contributed by atoms with E-state index in [-0.39, 0.29) is 15.7 Å². The summed E-state index contributed by atoms with van der Waals surface area (Å²) in [7, 11) is -2.09. The summed E-state index contributed by atoms with van der Waals surface area (Å²) in [6.07, 6.45) is 3.97. The first kappa shape index (κ1) is 25.2. The zero-order valence-electron chi connectivity index (χ0n) is 19.8. The quantitative estimate of drug-likeness (QED) is 0.234. The fourth-order valence-electron chi connectivity index (χ4n) is 4.24. The highest BCUT2D eigenvalue weighted by molar-refractivity contribution is 7.92. The molecule has 0 atom stereocenters. The van der Waals surface area contributed by atoms with Crippen LogP contribution in [0.4, 0.5) is 0 Å². The highest BCUT2D eigenvalue weighted by Gasteiger charge is 2.24. The maximum Gasteiger partial charge on any atom is 0.193 e. The Morgan fingerprint density at radius 1 is 1.14 bits per heavy atom. The number of halogens is 1. The van der Waals surface area contributed by atoms with Gasteiger partial charge < -0.3 is 9.72 Å². The number of thiophene rings is 1. The Morgan fingerprint density at radius 2 is 1.95 bits per heavy atom. The second kappa shape index (κ2) is 10.5. The number of Topliss-reactive ketones (excluding diaryl/α,β-unsaturated/α-hetero) is 1. The van der Waals surface area contributed by atoms with Crippen molar-refractivity contribution in [1.29, 1.82) is 0 Å². The molecule has 37 heavy (non-hydrogen) atoms. The number of nitrogens with one attached hydrogen (secondary N) is 1. The number of sulfone groups is 1. The molecule has 0 fully saturated rings. The number of aromatic amines is 1. The standard InChI is InChI=1S/C26H23ClN4O4S2/c1-35-23-7-3-6-21-26(23)20(15-37(33,34)25-11-10-24(27)36-25)30-31(21)14-18-5-2-4-17(12-18)8-9-22(32)19-13-28-16-29-19/h2-7,10-13,16H,8-9,14-15H2,1H3,(H,28,29). The number of methoxy groups -OCH3 is 1. The van der Waals surface area contributed by atoms with E-state index < -0.39 is 9.84 Å². The van der Waals surface area contributed by atoms with Crippen LogP contribution in [0.15, 0.2) is 71.3 Å². The largest absolute Gasteiger partial charge is 0.496 e. The van der Waals surface area contributed by atoms with Crippen molar-refractivity contribution in [1.82, 2.24) is 19.7 Å². The average Bonchev–Trinajstić information content (AvgIpc) is 3.64. The van der Waals surface area contributed by atoms with Crippen molar-refractivity contribution in [3.63, 3.8) is 0 Å². The summed E-state index contributed by atoms with van der Waals surface area (Å²) in [5, 5.41) is 5.38. The van der Waals surface area contributed by atoms with Gasteiger partial charge in [-0.2, -0.15) is 5.10 Å². The van der Waals surface area contributed by atoms with Crippen molar-refractivity contribution in [2.45, 2.75) is 29.3 Å². The van der Waals surface area contributed by atoms with Crippen molar-refractivity contribution in [3.05, 3.63) is 94.0 Å². The third-order valence-corrected chi connectivity index (χ3v) is 9.42. The van der Waals surface area contributed by atoms with Crippen LogP contribution in [-0.2, 0) is 28.6 Å². The fraction of sp³-hybridized carbons (Fsp3) is 0.192. The van der Waals surface area contributed by atoms with Crippen LogP contribution in [-0.4, -0.2) is 41.1 Å². The van der Waals surface area contributed by atoms with Gasteiger partial charge in [-0.3, -0.25) is 9.48 Å². The number of aromatic nitrogens is 4. The minimum atomic E-state index is -3.65. The summed E-state index contributed by atoms with van der Waals surface area (Å²) in [5.74, 6) is 0.291. The van der Waals surface area contributed by atoms with E-state index in [1.165, 1.54) is 18.6 Å². The minimum Gasteiger partial charge on any atom is -0.496 e. The maximum atomic E-state index is 13.1. The Hall–Kier alpha value is -3.47. The molecule has 11 heteroatoms. The van der Waals surface area contributed by atoms with E-state index in [9.17, 15) is 13.2 Å². The summed E-state index contributed by atoms with van der Waals surface area (Å²) in [6, 6.07) is 16.6. The molecule has 5 rings (SSSR count). The van der Waals surface area contributed by atoms with Gasteiger partial charge in [0, 0.05) is 6.42 Å². The smallest absolute Gasteiger partial charge is 0.193 e. The SMILES string of the molecule is COc1cccc2c1c(CS(=O)(=O)c1ccc(Cl)s1)nn2Cc1cccc(CCC(=O)c2cnc[nH]2)c1. The molecule has 3 heterocycles. The molecular weight excluding hydrogens is 532 g/mol. The van der Waals surface area contributed by atoms with E-state index >= 15 is 0 Å². The molecule has 3 aromatic heterocycles. The number of ether oxygens (including phenoxy) is 1. The number of fused-ring (bicyclic) bond motifs is 1. The second-order valence-corrected chi connectivity index (χ2v) is 12.4. The zero-order chi connectivity index (χ0) is 26.0. The predicted molar refractivity (Wildman–Crippen MR) is 143 cm³/mol. The van der Waals surface area contributed by atoms with Gasteiger partial charge in [-0.1, -0.05) is 41.9 Å². The van der Waals surface area contributed by atoms with Gasteiger partial charge in [0.05, 0.1) is 47.1 Å². The molecule has 0 bridgehead atoms. The summed E-state index contributed by atoms with van der Waals surface area (Å²) < 4.78 is 34.2. The third-order valence-electron chi connectivity index (χ3n) is 5.98. The van der Waals surface area contributed by atoms with Gasteiger partial charge in [0.25, 0.3) is 0 Å². The average molecular weight is 555 g/mol. The van der Waals surface area contributed by atoms with Crippen LogP contribution in [0, 0.1) is 0 Å². The number of aryl methyl sites for hydroxylation is 1. The highest BCUT2D eigenvalue weighted by Crippen LogP contribution is 2.33. The fourth-order valence-corrected chi connectivity index (χ4v) is 7.09. The summed E-state index contributed by atoms with van der Waals surface area (Å²) in [4.78, 5) is 19.1. The van der Waals surface area contributed by atoms with Crippen molar-refractivity contribution in [2.75, 3.05) is 7.11 Å². The van der Waals surface area contributed by atoms with E-state index in [1.54, 1.807) is 23.9 Å². The minimum absolute atomic E-state index is 0.00551. The third kappa shape index (κ3) is 5.46. The molecule has 0 aliphatic rings. The van der Waals surface area contributed by atoms with Crippen molar-refractivity contribution in [3.8, 4) is 5.75 Å². The molecule has 0 aliphatic carbocycles. The number of hydrogen-bond acceptors (Lipinski definition) is 7. The van der Waals surface area contributed by atoms with Crippen LogP contribution >= 0.6 is 22.9 Å². The van der Waals surface area contributed by atoms with Gasteiger partial charge in [-0.05, 0) is 41.8 Å². The number of H-pyrrole nitrogens is 1. The lowest BCUT2D eigenvalue weighted by molar-refractivity contribution is 0.0978. The van der Waals surface area contributed by atoms with Crippen LogP contribution < -0.4 is 4.74 Å². The van der Waals surface area contributed by atoms with Crippen molar-refractivity contribution >= 4 is 49.5 Å². The number of carbonyl (C=O) groups excluding carboxylic acids is 1. The topological polar surface area (TPSA) is 107 Å². The number of ketones is 1. The Balaban J connectivity index is 1.43. The van der Waals surface area contributed by atoms with Crippen molar-refractivity contribution < 1.29 is 17.9 Å². The molecule has 5 aromatic rings. The summed E-state index contributed by atoms with van der Waals surface area (Å²) in [6.45, 7) is 0.427. The monoisotopic (exact) mass is 554 g/mol. The number of rotatable bonds is 10. The lowest BCUT2D eigenvalue weighted by Crippen LogP contribution is -2.06. The van der Waals surface area contributed by atoms with Crippen LogP contribution in [0.5, 0.6) is 5.75 Å². The van der Waals surface area contributed by atoms with Crippen LogP contribution in [0.2, 0.25) is 4.34 Å². The summed E-state index contributed by atoms with van der Waals surface area (Å²) >= 11 is 7.00. The molecule has 0 saturated carbocycles. The number of hydrogen-bond donors (Lipinski definition) is 1. The highest BCUT2D eigenvalue weighted by atomic mass is 35.5. The van der Waals surface area contributed by atoms with Crippen LogP contribution in [0.1, 0.15) is 33.7 Å². The van der Waals surface area contributed by atoms with E-state index in [2.05, 4.69) is 9.97 Å². The van der Waals surface area contributed by atoms with E-state index in [4.69, 9.17) is 21.4 Å². The lowest BCUT2D eigenvalue weighted by atomic mass is 10.0. The summed E-state index contributed by atoms with van der Waals surface area (Å²) in [5.41, 5.74) is 3.70.